The van der Waals surface area contributed by atoms with E-state index in [-0.39, 0.29) is 17.2 Å². The van der Waals surface area contributed by atoms with Gasteiger partial charge in [0.15, 0.2) is 5.16 Å². The topological polar surface area (TPSA) is 101 Å². The highest BCUT2D eigenvalue weighted by atomic mass is 32.2. The molecule has 1 aromatic heterocycles. The van der Waals surface area contributed by atoms with E-state index in [1.807, 2.05) is 6.07 Å². The zero-order valence-corrected chi connectivity index (χ0v) is 14.7. The summed E-state index contributed by atoms with van der Waals surface area (Å²) in [5.41, 5.74) is 1.02. The Hall–Kier alpha value is -2.17. The Morgan fingerprint density at radius 2 is 2.08 bits per heavy atom. The van der Waals surface area contributed by atoms with Crippen LogP contribution in [0.3, 0.4) is 0 Å². The minimum absolute atomic E-state index is 0.0654. The lowest BCUT2D eigenvalue weighted by atomic mass is 10.2. The summed E-state index contributed by atoms with van der Waals surface area (Å²) in [5, 5.41) is 28.8. The molecule has 2 heterocycles. The molecule has 0 radical (unpaired) electrons. The molecule has 1 aromatic carbocycles. The standard InChI is InChI=1S/C15H20N6O3S/c1-18-11-16-17-15(18)25-14-10-12(2-3-13(14)21(23)24)20-6-4-19(5-7-20)8-9-22/h2-3,10-11,22H,4-9H2,1H3. The summed E-state index contributed by atoms with van der Waals surface area (Å²) in [7, 11) is 1.80. The minimum Gasteiger partial charge on any atom is -0.395 e. The van der Waals surface area contributed by atoms with Crippen molar-refractivity contribution in [1.82, 2.24) is 19.7 Å². The highest BCUT2D eigenvalue weighted by Crippen LogP contribution is 2.36. The Labute approximate surface area is 149 Å². The second-order valence-electron chi connectivity index (χ2n) is 5.79. The first-order chi connectivity index (χ1) is 12.1. The minimum atomic E-state index is -0.373. The van der Waals surface area contributed by atoms with Gasteiger partial charge >= 0.3 is 0 Å². The summed E-state index contributed by atoms with van der Waals surface area (Å²) < 4.78 is 1.73. The van der Waals surface area contributed by atoms with Crippen LogP contribution < -0.4 is 4.90 Å². The van der Waals surface area contributed by atoms with Gasteiger partial charge < -0.3 is 14.6 Å². The van der Waals surface area contributed by atoms with Crippen LogP contribution in [0, 0.1) is 10.1 Å². The van der Waals surface area contributed by atoms with E-state index in [2.05, 4.69) is 20.0 Å². The third-order valence-electron chi connectivity index (χ3n) is 4.16. The van der Waals surface area contributed by atoms with Crippen LogP contribution >= 0.6 is 11.8 Å². The van der Waals surface area contributed by atoms with Crippen LogP contribution in [0.15, 0.2) is 34.6 Å². The number of hydrogen-bond donors (Lipinski definition) is 1. The fraction of sp³-hybridized carbons (Fsp3) is 0.467. The maximum absolute atomic E-state index is 11.3. The number of aromatic nitrogens is 3. The molecule has 1 aliphatic heterocycles. The molecule has 25 heavy (non-hydrogen) atoms. The van der Waals surface area contributed by atoms with Gasteiger partial charge in [-0.3, -0.25) is 15.0 Å². The van der Waals surface area contributed by atoms with Crippen LogP contribution in [-0.2, 0) is 7.05 Å². The predicted octanol–water partition coefficient (Wildman–Crippen LogP) is 0.989. The van der Waals surface area contributed by atoms with Crippen molar-refractivity contribution in [3.05, 3.63) is 34.6 Å². The van der Waals surface area contributed by atoms with Crippen LogP contribution in [0.2, 0.25) is 0 Å². The summed E-state index contributed by atoms with van der Waals surface area (Å²) in [6, 6.07) is 5.19. The molecule has 1 N–H and O–H groups in total. The Balaban J connectivity index is 1.81. The Kier molecular flexibility index (Phi) is 5.51. The summed E-state index contributed by atoms with van der Waals surface area (Å²) in [6.45, 7) is 4.22. The number of nitrogens with zero attached hydrogens (tertiary/aromatic N) is 6. The fourth-order valence-electron chi connectivity index (χ4n) is 2.77. The quantitative estimate of drug-likeness (QED) is 0.598. The van der Waals surface area contributed by atoms with Gasteiger partial charge in [-0.2, -0.15) is 0 Å². The monoisotopic (exact) mass is 364 g/mol. The number of benzene rings is 1. The van der Waals surface area contributed by atoms with Gasteiger partial charge in [-0.05, 0) is 23.9 Å². The molecule has 134 valence electrons. The summed E-state index contributed by atoms with van der Waals surface area (Å²) in [6.07, 6.45) is 1.57. The number of nitro groups is 1. The summed E-state index contributed by atoms with van der Waals surface area (Å²) in [4.78, 5) is 15.9. The molecule has 0 unspecified atom stereocenters. The van der Waals surface area contributed by atoms with Crippen molar-refractivity contribution in [1.29, 1.82) is 0 Å². The van der Waals surface area contributed by atoms with E-state index in [1.54, 1.807) is 30.1 Å². The highest BCUT2D eigenvalue weighted by molar-refractivity contribution is 7.99. The molecule has 0 bridgehead atoms. The van der Waals surface area contributed by atoms with Crippen LogP contribution in [0.4, 0.5) is 11.4 Å². The van der Waals surface area contributed by atoms with E-state index in [9.17, 15) is 10.1 Å². The van der Waals surface area contributed by atoms with Crippen molar-refractivity contribution in [2.75, 3.05) is 44.2 Å². The molecule has 0 saturated carbocycles. The van der Waals surface area contributed by atoms with E-state index < -0.39 is 0 Å². The van der Waals surface area contributed by atoms with Crippen molar-refractivity contribution in [3.8, 4) is 0 Å². The molecule has 3 rings (SSSR count). The molecule has 2 aromatic rings. The number of aliphatic hydroxyl groups excluding tert-OH is 1. The molecule has 0 aliphatic carbocycles. The van der Waals surface area contributed by atoms with Crippen molar-refractivity contribution < 1.29 is 10.0 Å². The summed E-state index contributed by atoms with van der Waals surface area (Å²) in [5.74, 6) is 0. The van der Waals surface area contributed by atoms with Crippen molar-refractivity contribution in [2.45, 2.75) is 10.1 Å². The van der Waals surface area contributed by atoms with Gasteiger partial charge in [0.2, 0.25) is 0 Å². The fourth-order valence-corrected chi connectivity index (χ4v) is 3.67. The van der Waals surface area contributed by atoms with Gasteiger partial charge in [0.25, 0.3) is 5.69 Å². The Morgan fingerprint density at radius 1 is 1.32 bits per heavy atom. The van der Waals surface area contributed by atoms with Gasteiger partial charge in [-0.25, -0.2) is 0 Å². The van der Waals surface area contributed by atoms with Crippen LogP contribution in [-0.4, -0.2) is 69.0 Å². The van der Waals surface area contributed by atoms with E-state index in [0.717, 1.165) is 31.9 Å². The normalized spacial score (nSPS) is 15.5. The summed E-state index contributed by atoms with van der Waals surface area (Å²) >= 11 is 1.24. The third kappa shape index (κ3) is 4.09. The average Bonchev–Trinajstić information content (AvgIpc) is 3.00. The number of rotatable bonds is 6. The first kappa shape index (κ1) is 17.6. The van der Waals surface area contributed by atoms with E-state index >= 15 is 0 Å². The maximum Gasteiger partial charge on any atom is 0.283 e. The molecule has 0 spiro atoms. The number of β-amino-alcohol motifs (C(OH)–C–C–N with tert-alkyl or cyclic N) is 1. The number of aliphatic hydroxyl groups is 1. The molecule has 10 heteroatoms. The van der Waals surface area contributed by atoms with Gasteiger partial charge in [-0.15, -0.1) is 10.2 Å². The van der Waals surface area contributed by atoms with E-state index in [0.29, 0.717) is 16.6 Å². The second kappa shape index (κ2) is 7.81. The lowest BCUT2D eigenvalue weighted by molar-refractivity contribution is -0.387. The molecule has 0 amide bonds. The second-order valence-corrected chi connectivity index (χ2v) is 6.80. The zero-order valence-electron chi connectivity index (χ0n) is 13.9. The van der Waals surface area contributed by atoms with Crippen LogP contribution in [0.5, 0.6) is 0 Å². The van der Waals surface area contributed by atoms with Gasteiger partial charge in [0.1, 0.15) is 6.33 Å². The number of aryl methyl sites for hydroxylation is 1. The number of piperazine rings is 1. The molecule has 9 nitrogen and oxygen atoms in total. The van der Waals surface area contributed by atoms with Gasteiger partial charge in [0.05, 0.1) is 16.4 Å². The van der Waals surface area contributed by atoms with E-state index in [4.69, 9.17) is 5.11 Å². The smallest absolute Gasteiger partial charge is 0.283 e. The first-order valence-electron chi connectivity index (χ1n) is 7.97. The molecule has 1 fully saturated rings. The highest BCUT2D eigenvalue weighted by Gasteiger charge is 2.21. The largest absolute Gasteiger partial charge is 0.395 e. The molecule has 1 aliphatic rings. The lowest BCUT2D eigenvalue weighted by Gasteiger charge is -2.35. The molecular formula is C15H20N6O3S. The van der Waals surface area contributed by atoms with Crippen LogP contribution in [0.25, 0.3) is 0 Å². The SMILES string of the molecule is Cn1cnnc1Sc1cc(N2CCN(CCO)CC2)ccc1[N+](=O)[O-]. The van der Waals surface area contributed by atoms with Gasteiger partial charge in [0, 0.05) is 51.5 Å². The zero-order chi connectivity index (χ0) is 17.8. The molecule has 1 saturated heterocycles. The molecular weight excluding hydrogens is 344 g/mol. The Morgan fingerprint density at radius 3 is 2.68 bits per heavy atom. The van der Waals surface area contributed by atoms with Crippen LogP contribution in [0.1, 0.15) is 0 Å². The average molecular weight is 364 g/mol. The Bertz CT molecular complexity index is 745. The molecule has 0 atom stereocenters. The lowest BCUT2D eigenvalue weighted by Crippen LogP contribution is -2.47. The van der Waals surface area contributed by atoms with Crippen molar-refractivity contribution in [2.24, 2.45) is 7.05 Å². The predicted molar refractivity (Wildman–Crippen MR) is 94.0 cm³/mol. The van der Waals surface area contributed by atoms with Crippen molar-refractivity contribution in [3.63, 3.8) is 0 Å². The third-order valence-corrected chi connectivity index (χ3v) is 5.26. The first-order valence-corrected chi connectivity index (χ1v) is 8.78. The maximum atomic E-state index is 11.3. The number of nitro benzene ring substituents is 1. The van der Waals surface area contributed by atoms with Gasteiger partial charge in [-0.1, -0.05) is 0 Å². The number of anilines is 1. The van der Waals surface area contributed by atoms with E-state index in [1.165, 1.54) is 11.8 Å². The van der Waals surface area contributed by atoms with Crippen molar-refractivity contribution >= 4 is 23.1 Å². The number of hydrogen-bond acceptors (Lipinski definition) is 8.